The second kappa shape index (κ2) is 6.47. The molecule has 8 nitrogen and oxygen atoms in total. The molecular weight excluding hydrogens is 320 g/mol. The van der Waals surface area contributed by atoms with E-state index in [4.69, 9.17) is 5.11 Å². The molecular formula is C14H18N4O4S. The highest BCUT2D eigenvalue weighted by Crippen LogP contribution is 2.22. The third-order valence-corrected chi connectivity index (χ3v) is 5.41. The molecule has 1 N–H and O–H groups in total. The van der Waals surface area contributed by atoms with Crippen molar-refractivity contribution in [2.75, 3.05) is 6.54 Å². The first kappa shape index (κ1) is 17.1. The first-order valence-electron chi connectivity index (χ1n) is 6.95. The zero-order chi connectivity index (χ0) is 17.2. The molecule has 0 spiro atoms. The Bertz CT molecular complexity index is 799. The van der Waals surface area contributed by atoms with Crippen LogP contribution in [0.5, 0.6) is 0 Å². The average Bonchev–Trinajstić information content (AvgIpc) is 2.87. The second-order valence-electron chi connectivity index (χ2n) is 5.23. The molecule has 2 aromatic heterocycles. The van der Waals surface area contributed by atoms with Crippen LogP contribution in [-0.2, 0) is 14.8 Å². The average molecular weight is 338 g/mol. The molecule has 2 heterocycles. The zero-order valence-corrected chi connectivity index (χ0v) is 13.9. The van der Waals surface area contributed by atoms with Gasteiger partial charge in [-0.05, 0) is 32.9 Å². The van der Waals surface area contributed by atoms with Crippen molar-refractivity contribution in [3.8, 4) is 5.82 Å². The fraction of sp³-hybridized carbons (Fsp3) is 0.357. The van der Waals surface area contributed by atoms with E-state index in [1.54, 1.807) is 45.2 Å². The van der Waals surface area contributed by atoms with Gasteiger partial charge in [-0.25, -0.2) is 18.1 Å². The number of hydrogen-bond acceptors (Lipinski definition) is 5. The summed E-state index contributed by atoms with van der Waals surface area (Å²) in [7, 11) is -3.97. The van der Waals surface area contributed by atoms with Gasteiger partial charge >= 0.3 is 5.97 Å². The van der Waals surface area contributed by atoms with Gasteiger partial charge in [0.1, 0.15) is 11.4 Å². The van der Waals surface area contributed by atoms with Gasteiger partial charge in [0.15, 0.2) is 5.82 Å². The van der Waals surface area contributed by atoms with Gasteiger partial charge in [-0.1, -0.05) is 6.07 Å². The van der Waals surface area contributed by atoms with Crippen molar-refractivity contribution in [3.05, 3.63) is 36.3 Å². The van der Waals surface area contributed by atoms with E-state index < -0.39 is 28.6 Å². The number of carbonyl (C=O) groups is 1. The Kier molecular flexibility index (Phi) is 4.81. The highest BCUT2D eigenvalue weighted by molar-refractivity contribution is 7.89. The van der Waals surface area contributed by atoms with E-state index >= 15 is 0 Å². The fourth-order valence-electron chi connectivity index (χ4n) is 2.16. The first-order valence-corrected chi connectivity index (χ1v) is 8.39. The van der Waals surface area contributed by atoms with Crippen LogP contribution in [0.2, 0.25) is 0 Å². The van der Waals surface area contributed by atoms with E-state index in [1.807, 2.05) is 0 Å². The van der Waals surface area contributed by atoms with Crippen molar-refractivity contribution >= 4 is 16.0 Å². The predicted octanol–water partition coefficient (Wildman–Crippen LogP) is 1.06. The lowest BCUT2D eigenvalue weighted by atomic mass is 10.4. The molecule has 0 aromatic carbocycles. The summed E-state index contributed by atoms with van der Waals surface area (Å²) >= 11 is 0. The molecule has 0 fully saturated rings. The Morgan fingerprint density at radius 1 is 1.39 bits per heavy atom. The fourth-order valence-corrected chi connectivity index (χ4v) is 3.89. The van der Waals surface area contributed by atoms with Crippen LogP contribution in [0.3, 0.4) is 0 Å². The summed E-state index contributed by atoms with van der Waals surface area (Å²) in [5.74, 6) is -0.724. The van der Waals surface area contributed by atoms with Gasteiger partial charge in [-0.15, -0.1) is 0 Å². The van der Waals surface area contributed by atoms with Crippen LogP contribution in [0.25, 0.3) is 5.82 Å². The molecule has 2 rings (SSSR count). The summed E-state index contributed by atoms with van der Waals surface area (Å²) in [5, 5.41) is 13.0. The van der Waals surface area contributed by atoms with Crippen LogP contribution in [-0.4, -0.2) is 51.1 Å². The van der Waals surface area contributed by atoms with Crippen molar-refractivity contribution in [1.29, 1.82) is 0 Å². The molecule has 124 valence electrons. The SMILES string of the molecule is Cc1c(S(=O)(=O)N(CC(=O)O)C(C)C)cnn1-c1ccccn1. The first-order chi connectivity index (χ1) is 10.7. The number of aromatic nitrogens is 3. The lowest BCUT2D eigenvalue weighted by Crippen LogP contribution is -2.40. The molecule has 23 heavy (non-hydrogen) atoms. The molecule has 0 aliphatic heterocycles. The maximum absolute atomic E-state index is 12.8. The largest absolute Gasteiger partial charge is 0.480 e. The second-order valence-corrected chi connectivity index (χ2v) is 7.09. The van der Waals surface area contributed by atoms with Crippen molar-refractivity contribution in [2.24, 2.45) is 0 Å². The van der Waals surface area contributed by atoms with Gasteiger partial charge in [0.05, 0.1) is 11.9 Å². The minimum Gasteiger partial charge on any atom is -0.480 e. The number of pyridine rings is 1. The van der Waals surface area contributed by atoms with Gasteiger partial charge in [-0.2, -0.15) is 9.40 Å². The molecule has 9 heteroatoms. The van der Waals surface area contributed by atoms with Gasteiger partial charge < -0.3 is 5.11 Å². The summed E-state index contributed by atoms with van der Waals surface area (Å²) in [4.78, 5) is 15.1. The molecule has 2 aromatic rings. The maximum atomic E-state index is 12.8. The number of hydrogen-bond donors (Lipinski definition) is 1. The normalized spacial score (nSPS) is 12.0. The minimum absolute atomic E-state index is 0.0295. The van der Waals surface area contributed by atoms with E-state index in [0.717, 1.165) is 4.31 Å². The monoisotopic (exact) mass is 338 g/mol. The van der Waals surface area contributed by atoms with E-state index in [1.165, 1.54) is 10.9 Å². The Morgan fingerprint density at radius 2 is 2.09 bits per heavy atom. The lowest BCUT2D eigenvalue weighted by Gasteiger charge is -2.23. The summed E-state index contributed by atoms with van der Waals surface area (Å²) < 4.78 is 27.9. The molecule has 0 saturated carbocycles. The molecule has 0 bridgehead atoms. The van der Waals surface area contributed by atoms with E-state index in [-0.39, 0.29) is 4.90 Å². The van der Waals surface area contributed by atoms with Crippen molar-refractivity contribution < 1.29 is 18.3 Å². The summed E-state index contributed by atoms with van der Waals surface area (Å²) in [5.41, 5.74) is 0.375. The molecule has 0 unspecified atom stereocenters. The topological polar surface area (TPSA) is 105 Å². The van der Waals surface area contributed by atoms with Crippen LogP contribution >= 0.6 is 0 Å². The molecule has 0 radical (unpaired) electrons. The molecule has 0 aliphatic rings. The number of sulfonamides is 1. The van der Waals surface area contributed by atoms with E-state index in [9.17, 15) is 13.2 Å². The van der Waals surface area contributed by atoms with E-state index in [2.05, 4.69) is 10.1 Å². The summed E-state index contributed by atoms with van der Waals surface area (Å²) in [6.07, 6.45) is 2.80. The van der Waals surface area contributed by atoms with Crippen LogP contribution in [0.4, 0.5) is 0 Å². The Hall–Kier alpha value is -2.26. The number of aliphatic carboxylic acids is 1. The number of carboxylic acids is 1. The molecule has 0 amide bonds. The maximum Gasteiger partial charge on any atom is 0.318 e. The third-order valence-electron chi connectivity index (χ3n) is 3.28. The Morgan fingerprint density at radius 3 is 2.61 bits per heavy atom. The molecule has 0 atom stereocenters. The number of rotatable bonds is 6. The summed E-state index contributed by atoms with van der Waals surface area (Å²) in [6.45, 7) is 4.25. The summed E-state index contributed by atoms with van der Waals surface area (Å²) in [6, 6.07) is 4.72. The number of carboxylic acid groups (broad SMARTS) is 1. The highest BCUT2D eigenvalue weighted by atomic mass is 32.2. The standard InChI is InChI=1S/C14H18N4O4S/c1-10(2)17(9-14(19)20)23(21,22)12-8-16-18(11(12)3)13-6-4-5-7-15-13/h4-8,10H,9H2,1-3H3,(H,19,20). The molecule has 0 saturated heterocycles. The van der Waals surface area contributed by atoms with Gasteiger partial charge in [0.2, 0.25) is 10.0 Å². The number of nitrogens with zero attached hydrogens (tertiary/aromatic N) is 4. The van der Waals surface area contributed by atoms with Crippen molar-refractivity contribution in [2.45, 2.75) is 31.7 Å². The van der Waals surface area contributed by atoms with Crippen LogP contribution < -0.4 is 0 Å². The van der Waals surface area contributed by atoms with Gasteiger partial charge in [-0.3, -0.25) is 4.79 Å². The van der Waals surface area contributed by atoms with E-state index in [0.29, 0.717) is 11.5 Å². The predicted molar refractivity (Wildman–Crippen MR) is 82.8 cm³/mol. The van der Waals surface area contributed by atoms with Crippen LogP contribution in [0.1, 0.15) is 19.5 Å². The Labute approximate surface area is 134 Å². The minimum atomic E-state index is -3.97. The zero-order valence-electron chi connectivity index (χ0n) is 13.0. The lowest BCUT2D eigenvalue weighted by molar-refractivity contribution is -0.137. The van der Waals surface area contributed by atoms with Crippen LogP contribution in [0.15, 0.2) is 35.5 Å². The quantitative estimate of drug-likeness (QED) is 0.844. The van der Waals surface area contributed by atoms with Crippen molar-refractivity contribution in [3.63, 3.8) is 0 Å². The Balaban J connectivity index is 2.49. The third kappa shape index (κ3) is 3.40. The van der Waals surface area contributed by atoms with Crippen LogP contribution in [0, 0.1) is 6.92 Å². The molecule has 0 aliphatic carbocycles. The smallest absolute Gasteiger partial charge is 0.318 e. The van der Waals surface area contributed by atoms with Gasteiger partial charge in [0, 0.05) is 12.2 Å². The van der Waals surface area contributed by atoms with Crippen molar-refractivity contribution in [1.82, 2.24) is 19.1 Å². The van der Waals surface area contributed by atoms with Gasteiger partial charge in [0.25, 0.3) is 0 Å². The highest BCUT2D eigenvalue weighted by Gasteiger charge is 2.32.